The second kappa shape index (κ2) is 4.71. The van der Waals surface area contributed by atoms with Crippen LogP contribution in [0.25, 0.3) is 11.5 Å². The van der Waals surface area contributed by atoms with Crippen LogP contribution in [0.1, 0.15) is 23.9 Å². The SMILES string of the molecule is CCc1oc(-c2ccc(C)cc2)nc1CCl. The Morgan fingerprint density at radius 3 is 2.44 bits per heavy atom. The summed E-state index contributed by atoms with van der Waals surface area (Å²) in [6.07, 6.45) is 0.820. The monoisotopic (exact) mass is 235 g/mol. The predicted molar refractivity (Wildman–Crippen MR) is 65.6 cm³/mol. The van der Waals surface area contributed by atoms with Crippen molar-refractivity contribution in [3.05, 3.63) is 41.3 Å². The number of aryl methyl sites for hydroxylation is 2. The van der Waals surface area contributed by atoms with E-state index >= 15 is 0 Å². The van der Waals surface area contributed by atoms with Gasteiger partial charge in [-0.1, -0.05) is 24.6 Å². The fraction of sp³-hybridized carbons (Fsp3) is 0.308. The minimum Gasteiger partial charge on any atom is -0.441 e. The molecular formula is C13H14ClNO. The van der Waals surface area contributed by atoms with Crippen LogP contribution < -0.4 is 0 Å². The molecule has 0 saturated carbocycles. The van der Waals surface area contributed by atoms with Crippen LogP contribution in [0.15, 0.2) is 28.7 Å². The van der Waals surface area contributed by atoms with Gasteiger partial charge in [0.1, 0.15) is 5.76 Å². The molecule has 0 saturated heterocycles. The zero-order valence-corrected chi connectivity index (χ0v) is 10.2. The van der Waals surface area contributed by atoms with E-state index in [0.29, 0.717) is 11.8 Å². The van der Waals surface area contributed by atoms with Crippen molar-refractivity contribution in [1.29, 1.82) is 0 Å². The van der Waals surface area contributed by atoms with Gasteiger partial charge in [0.2, 0.25) is 5.89 Å². The van der Waals surface area contributed by atoms with Crippen molar-refractivity contribution in [3.8, 4) is 11.5 Å². The van der Waals surface area contributed by atoms with Crippen molar-refractivity contribution in [2.45, 2.75) is 26.1 Å². The molecule has 0 atom stereocenters. The van der Waals surface area contributed by atoms with Gasteiger partial charge in [-0.05, 0) is 19.1 Å². The summed E-state index contributed by atoms with van der Waals surface area (Å²) < 4.78 is 5.69. The van der Waals surface area contributed by atoms with Gasteiger partial charge in [0.25, 0.3) is 0 Å². The van der Waals surface area contributed by atoms with E-state index in [9.17, 15) is 0 Å². The van der Waals surface area contributed by atoms with Crippen LogP contribution >= 0.6 is 11.6 Å². The Morgan fingerprint density at radius 2 is 1.94 bits per heavy atom. The summed E-state index contributed by atoms with van der Waals surface area (Å²) >= 11 is 5.81. The van der Waals surface area contributed by atoms with Crippen LogP contribution in [0.2, 0.25) is 0 Å². The normalized spacial score (nSPS) is 10.7. The van der Waals surface area contributed by atoms with Crippen molar-refractivity contribution in [1.82, 2.24) is 4.98 Å². The summed E-state index contributed by atoms with van der Waals surface area (Å²) in [5, 5.41) is 0. The van der Waals surface area contributed by atoms with Gasteiger partial charge in [-0.3, -0.25) is 0 Å². The first kappa shape index (κ1) is 11.2. The van der Waals surface area contributed by atoms with E-state index in [1.165, 1.54) is 5.56 Å². The number of oxazole rings is 1. The molecule has 3 heteroatoms. The van der Waals surface area contributed by atoms with E-state index in [1.807, 2.05) is 31.2 Å². The molecule has 1 aromatic heterocycles. The van der Waals surface area contributed by atoms with Crippen molar-refractivity contribution in [2.75, 3.05) is 0 Å². The minimum absolute atomic E-state index is 0.401. The van der Waals surface area contributed by atoms with Crippen LogP contribution in [0.4, 0.5) is 0 Å². The Hall–Kier alpha value is -1.28. The Labute approximate surface area is 100 Å². The molecule has 2 rings (SSSR count). The maximum atomic E-state index is 5.81. The molecule has 0 aliphatic heterocycles. The maximum Gasteiger partial charge on any atom is 0.226 e. The van der Waals surface area contributed by atoms with E-state index < -0.39 is 0 Å². The second-order valence-corrected chi connectivity index (χ2v) is 4.01. The number of benzene rings is 1. The molecule has 1 aromatic carbocycles. The number of hydrogen-bond donors (Lipinski definition) is 0. The van der Waals surface area contributed by atoms with Gasteiger partial charge in [0, 0.05) is 12.0 Å². The summed E-state index contributed by atoms with van der Waals surface area (Å²) in [5.74, 6) is 1.94. The Balaban J connectivity index is 2.40. The largest absolute Gasteiger partial charge is 0.441 e. The third-order valence-corrected chi connectivity index (χ3v) is 2.78. The van der Waals surface area contributed by atoms with E-state index in [1.54, 1.807) is 0 Å². The first-order chi connectivity index (χ1) is 7.74. The van der Waals surface area contributed by atoms with Crippen molar-refractivity contribution >= 4 is 11.6 Å². The van der Waals surface area contributed by atoms with Crippen LogP contribution in [-0.4, -0.2) is 4.98 Å². The maximum absolute atomic E-state index is 5.81. The third-order valence-electron chi connectivity index (χ3n) is 2.52. The van der Waals surface area contributed by atoms with Gasteiger partial charge < -0.3 is 4.42 Å². The molecule has 0 N–H and O–H groups in total. The van der Waals surface area contributed by atoms with Crippen LogP contribution in [0.5, 0.6) is 0 Å². The number of halogens is 1. The molecule has 0 amide bonds. The Bertz CT molecular complexity index is 452. The van der Waals surface area contributed by atoms with Gasteiger partial charge in [-0.2, -0.15) is 0 Å². The highest BCUT2D eigenvalue weighted by atomic mass is 35.5. The zero-order valence-electron chi connectivity index (χ0n) is 9.46. The first-order valence-corrected chi connectivity index (χ1v) is 5.89. The lowest BCUT2D eigenvalue weighted by Crippen LogP contribution is -1.84. The highest BCUT2D eigenvalue weighted by molar-refractivity contribution is 6.17. The molecule has 0 aliphatic carbocycles. The smallest absolute Gasteiger partial charge is 0.226 e. The average molecular weight is 236 g/mol. The van der Waals surface area contributed by atoms with Crippen LogP contribution in [-0.2, 0) is 12.3 Å². The Morgan fingerprint density at radius 1 is 1.25 bits per heavy atom. The number of aromatic nitrogens is 1. The van der Waals surface area contributed by atoms with E-state index in [4.69, 9.17) is 16.0 Å². The van der Waals surface area contributed by atoms with Gasteiger partial charge in [0.05, 0.1) is 11.6 Å². The molecule has 0 fully saturated rings. The molecule has 1 heterocycles. The lowest BCUT2D eigenvalue weighted by atomic mass is 10.1. The van der Waals surface area contributed by atoms with Crippen LogP contribution in [0, 0.1) is 6.92 Å². The lowest BCUT2D eigenvalue weighted by Gasteiger charge is -1.95. The minimum atomic E-state index is 0.401. The van der Waals surface area contributed by atoms with Gasteiger partial charge in [-0.15, -0.1) is 11.6 Å². The van der Waals surface area contributed by atoms with Gasteiger partial charge in [0.15, 0.2) is 0 Å². The number of rotatable bonds is 3. The van der Waals surface area contributed by atoms with E-state index in [0.717, 1.165) is 23.4 Å². The molecule has 16 heavy (non-hydrogen) atoms. The number of alkyl halides is 1. The standard InChI is InChI=1S/C13H14ClNO/c1-3-12-11(8-14)15-13(16-12)10-6-4-9(2)5-7-10/h4-7H,3,8H2,1-2H3. The number of hydrogen-bond acceptors (Lipinski definition) is 2. The van der Waals surface area contributed by atoms with Crippen LogP contribution in [0.3, 0.4) is 0 Å². The van der Waals surface area contributed by atoms with E-state index in [-0.39, 0.29) is 0 Å². The average Bonchev–Trinajstić information content (AvgIpc) is 2.73. The van der Waals surface area contributed by atoms with Crippen molar-refractivity contribution in [3.63, 3.8) is 0 Å². The summed E-state index contributed by atoms with van der Waals surface area (Å²) in [6, 6.07) is 8.12. The fourth-order valence-electron chi connectivity index (χ4n) is 1.58. The summed E-state index contributed by atoms with van der Waals surface area (Å²) in [4.78, 5) is 4.40. The highest BCUT2D eigenvalue weighted by Gasteiger charge is 2.11. The summed E-state index contributed by atoms with van der Waals surface area (Å²) in [6.45, 7) is 4.09. The van der Waals surface area contributed by atoms with E-state index in [2.05, 4.69) is 11.9 Å². The predicted octanol–water partition coefficient (Wildman–Crippen LogP) is 3.95. The zero-order chi connectivity index (χ0) is 11.5. The Kier molecular flexibility index (Phi) is 3.30. The molecule has 2 nitrogen and oxygen atoms in total. The van der Waals surface area contributed by atoms with Gasteiger partial charge in [-0.25, -0.2) is 4.98 Å². The lowest BCUT2D eigenvalue weighted by molar-refractivity contribution is 0.522. The van der Waals surface area contributed by atoms with Gasteiger partial charge >= 0.3 is 0 Å². The molecule has 84 valence electrons. The molecule has 0 unspecified atom stereocenters. The topological polar surface area (TPSA) is 26.0 Å². The quantitative estimate of drug-likeness (QED) is 0.753. The molecular weight excluding hydrogens is 222 g/mol. The first-order valence-electron chi connectivity index (χ1n) is 5.36. The molecule has 0 spiro atoms. The van der Waals surface area contributed by atoms with Crippen molar-refractivity contribution in [2.24, 2.45) is 0 Å². The number of nitrogens with zero attached hydrogens (tertiary/aromatic N) is 1. The summed E-state index contributed by atoms with van der Waals surface area (Å²) in [7, 11) is 0. The molecule has 0 radical (unpaired) electrons. The highest BCUT2D eigenvalue weighted by Crippen LogP contribution is 2.23. The third kappa shape index (κ3) is 2.12. The molecule has 2 aromatic rings. The second-order valence-electron chi connectivity index (χ2n) is 3.74. The molecule has 0 bridgehead atoms. The molecule has 0 aliphatic rings. The summed E-state index contributed by atoms with van der Waals surface area (Å²) in [5.41, 5.74) is 3.07. The fourth-order valence-corrected chi connectivity index (χ4v) is 1.79. The van der Waals surface area contributed by atoms with Crippen molar-refractivity contribution < 1.29 is 4.42 Å².